The number of nitrogens with zero attached hydrogens (tertiary/aromatic N) is 2. The monoisotopic (exact) mass is 123 g/mol. The van der Waals surface area contributed by atoms with E-state index in [1.165, 1.54) is 0 Å². The smallest absolute Gasteiger partial charge is 0.147 e. The van der Waals surface area contributed by atoms with Gasteiger partial charge in [-0.2, -0.15) is 0 Å². The van der Waals surface area contributed by atoms with Crippen LogP contribution < -0.4 is 5.73 Å². The summed E-state index contributed by atoms with van der Waals surface area (Å²) in [5, 5.41) is 0. The average molecular weight is 123 g/mol. The maximum absolute atomic E-state index is 5.26. The highest BCUT2D eigenvalue weighted by Crippen LogP contribution is 2.01. The van der Waals surface area contributed by atoms with Crippen LogP contribution in [0.5, 0.6) is 0 Å². The predicted octanol–water partition coefficient (Wildman–Crippen LogP) is 0.332. The van der Waals surface area contributed by atoms with Crippen LogP contribution >= 0.6 is 0 Å². The molecule has 0 amide bonds. The third-order valence-corrected chi connectivity index (χ3v) is 0.974. The predicted molar refractivity (Wildman–Crippen MR) is 38.7 cm³/mol. The van der Waals surface area contributed by atoms with Gasteiger partial charge in [-0.1, -0.05) is 0 Å². The molecule has 0 unspecified atom stereocenters. The van der Waals surface area contributed by atoms with E-state index in [9.17, 15) is 0 Å². The van der Waals surface area contributed by atoms with Gasteiger partial charge in [0.1, 0.15) is 5.82 Å². The first kappa shape index (κ1) is 6.16. The van der Waals surface area contributed by atoms with Gasteiger partial charge in [-0.3, -0.25) is 0 Å². The van der Waals surface area contributed by atoms with Crippen LogP contribution in [0.25, 0.3) is 0 Å². The molecule has 1 aliphatic heterocycles. The van der Waals surface area contributed by atoms with Crippen molar-refractivity contribution in [1.29, 1.82) is 0 Å². The first-order chi connectivity index (χ1) is 4.43. The van der Waals surface area contributed by atoms with E-state index in [1.54, 1.807) is 12.4 Å². The van der Waals surface area contributed by atoms with Crippen molar-refractivity contribution in [2.24, 2.45) is 15.7 Å². The van der Waals surface area contributed by atoms with Crippen molar-refractivity contribution < 1.29 is 0 Å². The Morgan fingerprint density at radius 1 is 1.44 bits per heavy atom. The SMILES string of the molecule is NCCC=C1N=CC=N1. The molecule has 1 rings (SSSR count). The normalized spacial score (nSPS) is 15.0. The van der Waals surface area contributed by atoms with Crippen LogP contribution in [-0.2, 0) is 0 Å². The summed E-state index contributed by atoms with van der Waals surface area (Å²) < 4.78 is 0. The highest BCUT2D eigenvalue weighted by atomic mass is 15.0. The van der Waals surface area contributed by atoms with E-state index in [0.717, 1.165) is 12.2 Å². The fraction of sp³-hybridized carbons (Fsp3) is 0.333. The van der Waals surface area contributed by atoms with Crippen LogP contribution in [0.2, 0.25) is 0 Å². The Labute approximate surface area is 54.0 Å². The Morgan fingerprint density at radius 3 is 2.67 bits per heavy atom. The molecule has 0 aromatic heterocycles. The van der Waals surface area contributed by atoms with Crippen molar-refractivity contribution in [2.75, 3.05) is 6.54 Å². The highest BCUT2D eigenvalue weighted by Gasteiger charge is 1.90. The van der Waals surface area contributed by atoms with Crippen molar-refractivity contribution >= 4 is 12.4 Å². The van der Waals surface area contributed by atoms with Gasteiger partial charge in [-0.25, -0.2) is 9.98 Å². The second-order valence-corrected chi connectivity index (χ2v) is 1.70. The molecule has 0 fully saturated rings. The fourth-order valence-electron chi connectivity index (χ4n) is 0.571. The summed E-state index contributed by atoms with van der Waals surface area (Å²) in [6.07, 6.45) is 6.11. The fourth-order valence-corrected chi connectivity index (χ4v) is 0.571. The highest BCUT2D eigenvalue weighted by molar-refractivity contribution is 6.18. The lowest BCUT2D eigenvalue weighted by atomic mass is 10.4. The molecule has 0 bridgehead atoms. The Morgan fingerprint density at radius 2 is 2.11 bits per heavy atom. The molecule has 0 saturated heterocycles. The van der Waals surface area contributed by atoms with Crippen LogP contribution in [0.3, 0.4) is 0 Å². The van der Waals surface area contributed by atoms with E-state index in [4.69, 9.17) is 5.73 Å². The zero-order valence-corrected chi connectivity index (χ0v) is 5.12. The molecule has 0 aromatic carbocycles. The Bertz CT molecular complexity index is 153. The summed E-state index contributed by atoms with van der Waals surface area (Å²) in [6, 6.07) is 0. The molecule has 0 aliphatic carbocycles. The minimum atomic E-state index is 0.661. The summed E-state index contributed by atoms with van der Waals surface area (Å²) in [5.41, 5.74) is 5.26. The van der Waals surface area contributed by atoms with E-state index in [2.05, 4.69) is 9.98 Å². The maximum atomic E-state index is 5.26. The molecule has 9 heavy (non-hydrogen) atoms. The van der Waals surface area contributed by atoms with Crippen LogP contribution in [0, 0.1) is 0 Å². The minimum absolute atomic E-state index is 0.661. The summed E-state index contributed by atoms with van der Waals surface area (Å²) in [6.45, 7) is 0.661. The zero-order chi connectivity index (χ0) is 6.53. The maximum Gasteiger partial charge on any atom is 0.147 e. The van der Waals surface area contributed by atoms with Gasteiger partial charge in [-0.05, 0) is 19.0 Å². The quantitative estimate of drug-likeness (QED) is 0.565. The molecule has 2 N–H and O–H groups in total. The van der Waals surface area contributed by atoms with E-state index in [1.807, 2.05) is 6.08 Å². The first-order valence-corrected chi connectivity index (χ1v) is 2.90. The number of rotatable bonds is 2. The molecule has 0 spiro atoms. The number of hydrogen-bond acceptors (Lipinski definition) is 3. The van der Waals surface area contributed by atoms with Crippen molar-refractivity contribution in [3.8, 4) is 0 Å². The van der Waals surface area contributed by atoms with Gasteiger partial charge in [0.2, 0.25) is 0 Å². The average Bonchev–Trinajstić information content (AvgIpc) is 2.34. The van der Waals surface area contributed by atoms with Crippen LogP contribution in [0.1, 0.15) is 6.42 Å². The first-order valence-electron chi connectivity index (χ1n) is 2.90. The van der Waals surface area contributed by atoms with Gasteiger partial charge in [0.25, 0.3) is 0 Å². The van der Waals surface area contributed by atoms with Crippen molar-refractivity contribution in [2.45, 2.75) is 6.42 Å². The van der Waals surface area contributed by atoms with Gasteiger partial charge >= 0.3 is 0 Å². The Balaban J connectivity index is 2.42. The van der Waals surface area contributed by atoms with Crippen molar-refractivity contribution in [3.63, 3.8) is 0 Å². The molecular formula is C6H9N3. The summed E-state index contributed by atoms with van der Waals surface area (Å²) in [4.78, 5) is 7.86. The van der Waals surface area contributed by atoms with Crippen molar-refractivity contribution in [3.05, 3.63) is 11.9 Å². The Hall–Kier alpha value is -0.960. The van der Waals surface area contributed by atoms with Crippen LogP contribution in [0.4, 0.5) is 0 Å². The zero-order valence-electron chi connectivity index (χ0n) is 5.12. The van der Waals surface area contributed by atoms with Gasteiger partial charge in [0.15, 0.2) is 0 Å². The van der Waals surface area contributed by atoms with Crippen LogP contribution in [0.15, 0.2) is 21.9 Å². The number of hydrogen-bond donors (Lipinski definition) is 1. The molecule has 0 radical (unpaired) electrons. The minimum Gasteiger partial charge on any atom is -0.330 e. The van der Waals surface area contributed by atoms with Crippen molar-refractivity contribution in [1.82, 2.24) is 0 Å². The molecule has 48 valence electrons. The molecule has 1 heterocycles. The third kappa shape index (κ3) is 1.77. The van der Waals surface area contributed by atoms with Crippen LogP contribution in [-0.4, -0.2) is 19.0 Å². The van der Waals surface area contributed by atoms with Gasteiger partial charge < -0.3 is 5.73 Å². The second-order valence-electron chi connectivity index (χ2n) is 1.70. The van der Waals surface area contributed by atoms with Gasteiger partial charge in [0, 0.05) is 12.4 Å². The largest absolute Gasteiger partial charge is 0.330 e. The molecule has 3 nitrogen and oxygen atoms in total. The van der Waals surface area contributed by atoms with E-state index in [-0.39, 0.29) is 0 Å². The molecule has 3 heteroatoms. The summed E-state index contributed by atoms with van der Waals surface area (Å²) >= 11 is 0. The van der Waals surface area contributed by atoms with E-state index >= 15 is 0 Å². The van der Waals surface area contributed by atoms with E-state index in [0.29, 0.717) is 6.54 Å². The number of aliphatic imine (C=N–C) groups is 2. The lowest BCUT2D eigenvalue weighted by Gasteiger charge is -1.85. The molecule has 0 aromatic rings. The third-order valence-electron chi connectivity index (χ3n) is 0.974. The standard InChI is InChI=1S/C6H9N3/c7-3-1-2-6-8-4-5-9-6/h2,4-5H,1,3,7H2. The lowest BCUT2D eigenvalue weighted by Crippen LogP contribution is -1.95. The topological polar surface area (TPSA) is 50.7 Å². The molecular weight excluding hydrogens is 114 g/mol. The second kappa shape index (κ2) is 3.14. The molecule has 1 aliphatic rings. The summed E-state index contributed by atoms with van der Waals surface area (Å²) in [7, 11) is 0. The number of nitrogens with two attached hydrogens (primary N) is 1. The summed E-state index contributed by atoms with van der Waals surface area (Å²) in [5.74, 6) is 0.778. The molecule has 0 saturated carbocycles. The van der Waals surface area contributed by atoms with E-state index < -0.39 is 0 Å². The van der Waals surface area contributed by atoms with Gasteiger partial charge in [-0.15, -0.1) is 0 Å². The Kier molecular flexibility index (Phi) is 2.15. The lowest BCUT2D eigenvalue weighted by molar-refractivity contribution is 0.990. The van der Waals surface area contributed by atoms with Gasteiger partial charge in [0.05, 0.1) is 0 Å². The molecule has 0 atom stereocenters.